The molecule has 1 aliphatic heterocycles. The minimum Gasteiger partial charge on any atom is -0.143 e. The summed E-state index contributed by atoms with van der Waals surface area (Å²) in [5.41, 5.74) is 0. The Morgan fingerprint density at radius 3 is 3.22 bits per heavy atom. The fraction of sp³-hybridized carbons (Fsp3) is 0. The molecule has 2 rings (SSSR count). The highest BCUT2D eigenvalue weighted by atomic mass is 33.1. The average molecular weight is 172 g/mol. The Morgan fingerprint density at radius 2 is 2.33 bits per heavy atom. The summed E-state index contributed by atoms with van der Waals surface area (Å²) in [7, 11) is 3.62. The lowest BCUT2D eigenvalue weighted by molar-refractivity contribution is 1.57. The third-order valence-corrected chi connectivity index (χ3v) is 4.12. The number of rotatable bonds is 0. The summed E-state index contributed by atoms with van der Waals surface area (Å²) in [6, 6.07) is 2.17. The number of thiophene rings is 1. The van der Waals surface area contributed by atoms with Crippen molar-refractivity contribution in [2.75, 3.05) is 0 Å². The Bertz CT molecular complexity index is 236. The van der Waals surface area contributed by atoms with E-state index in [0.29, 0.717) is 0 Å². The molecular formula is C6H4S3. The van der Waals surface area contributed by atoms with Crippen molar-refractivity contribution >= 4 is 39.0 Å². The summed E-state index contributed by atoms with van der Waals surface area (Å²) >= 11 is 1.80. The predicted octanol–water partition coefficient (Wildman–Crippen LogP) is 3.47. The number of hydrogen-bond acceptors (Lipinski definition) is 3. The lowest BCUT2D eigenvalue weighted by atomic mass is 10.5. The second-order valence-corrected chi connectivity index (χ2v) is 4.73. The Hall–Kier alpha value is 0.140. The van der Waals surface area contributed by atoms with E-state index in [1.807, 2.05) is 10.8 Å². The van der Waals surface area contributed by atoms with E-state index < -0.39 is 0 Å². The maximum Gasteiger partial charge on any atom is 0.0420 e. The minimum atomic E-state index is 1.40. The van der Waals surface area contributed by atoms with Crippen LogP contribution in [-0.2, 0) is 0 Å². The summed E-state index contributed by atoms with van der Waals surface area (Å²) in [5, 5.41) is 4.26. The number of hydrogen-bond donors (Lipinski definition) is 0. The van der Waals surface area contributed by atoms with Gasteiger partial charge in [0.05, 0.1) is 0 Å². The molecule has 0 aliphatic carbocycles. The smallest absolute Gasteiger partial charge is 0.0420 e. The van der Waals surface area contributed by atoms with Gasteiger partial charge >= 0.3 is 0 Å². The molecule has 0 bridgehead atoms. The van der Waals surface area contributed by atoms with Gasteiger partial charge in [-0.15, -0.1) is 11.3 Å². The van der Waals surface area contributed by atoms with Crippen molar-refractivity contribution in [2.45, 2.75) is 4.90 Å². The van der Waals surface area contributed by atoms with Crippen molar-refractivity contribution in [1.82, 2.24) is 0 Å². The highest BCUT2D eigenvalue weighted by molar-refractivity contribution is 8.78. The Balaban J connectivity index is 2.53. The second-order valence-electron chi connectivity index (χ2n) is 1.63. The van der Waals surface area contributed by atoms with Gasteiger partial charge in [-0.1, -0.05) is 21.6 Å². The van der Waals surface area contributed by atoms with Crippen LogP contribution in [0.5, 0.6) is 0 Å². The maximum absolute atomic E-state index is 2.17. The molecule has 0 amide bonds. The van der Waals surface area contributed by atoms with E-state index in [-0.39, 0.29) is 0 Å². The first-order valence-electron chi connectivity index (χ1n) is 2.54. The molecule has 9 heavy (non-hydrogen) atoms. The van der Waals surface area contributed by atoms with Crippen LogP contribution in [0, 0.1) is 0 Å². The van der Waals surface area contributed by atoms with Crippen LogP contribution in [0.4, 0.5) is 0 Å². The highest BCUT2D eigenvalue weighted by Crippen LogP contribution is 2.41. The zero-order chi connectivity index (χ0) is 6.10. The van der Waals surface area contributed by atoms with Crippen LogP contribution in [0.3, 0.4) is 0 Å². The Morgan fingerprint density at radius 1 is 1.33 bits per heavy atom. The van der Waals surface area contributed by atoms with Crippen LogP contribution >= 0.6 is 32.9 Å². The molecule has 0 aromatic carbocycles. The first-order chi connectivity index (χ1) is 4.47. The van der Waals surface area contributed by atoms with Gasteiger partial charge in [0.1, 0.15) is 0 Å². The molecule has 0 spiro atoms. The van der Waals surface area contributed by atoms with Crippen LogP contribution in [0.1, 0.15) is 4.88 Å². The molecular weight excluding hydrogens is 168 g/mol. The fourth-order valence-electron chi connectivity index (χ4n) is 0.669. The molecule has 46 valence electrons. The molecule has 0 nitrogen and oxygen atoms in total. The molecule has 1 aliphatic rings. The van der Waals surface area contributed by atoms with E-state index in [2.05, 4.69) is 22.9 Å². The van der Waals surface area contributed by atoms with Crippen molar-refractivity contribution in [3.63, 3.8) is 0 Å². The second kappa shape index (κ2) is 2.40. The molecule has 0 N–H and O–H groups in total. The van der Waals surface area contributed by atoms with Gasteiger partial charge in [0.25, 0.3) is 0 Å². The van der Waals surface area contributed by atoms with Crippen molar-refractivity contribution < 1.29 is 0 Å². The molecule has 3 heteroatoms. The van der Waals surface area contributed by atoms with Crippen LogP contribution < -0.4 is 0 Å². The molecule has 1 aromatic rings. The van der Waals surface area contributed by atoms with Crippen LogP contribution in [0.2, 0.25) is 0 Å². The van der Waals surface area contributed by atoms with E-state index in [9.17, 15) is 0 Å². The summed E-state index contributed by atoms with van der Waals surface area (Å²) < 4.78 is 0. The third-order valence-electron chi connectivity index (χ3n) is 1.07. The van der Waals surface area contributed by atoms with Gasteiger partial charge in [-0.25, -0.2) is 0 Å². The third kappa shape index (κ3) is 1.04. The minimum absolute atomic E-state index is 1.40. The predicted molar refractivity (Wildman–Crippen MR) is 46.8 cm³/mol. The van der Waals surface area contributed by atoms with Gasteiger partial charge in [0, 0.05) is 9.77 Å². The molecule has 0 radical (unpaired) electrons. The van der Waals surface area contributed by atoms with Gasteiger partial charge in [-0.2, -0.15) is 0 Å². The molecule has 1 aromatic heterocycles. The summed E-state index contributed by atoms with van der Waals surface area (Å²) in [5.74, 6) is 0. The van der Waals surface area contributed by atoms with Gasteiger partial charge in [-0.05, 0) is 22.9 Å². The zero-order valence-corrected chi connectivity index (χ0v) is 6.98. The van der Waals surface area contributed by atoms with Gasteiger partial charge < -0.3 is 0 Å². The molecule has 0 saturated heterocycles. The van der Waals surface area contributed by atoms with Gasteiger partial charge in [0.2, 0.25) is 0 Å². The molecule has 0 atom stereocenters. The molecule has 0 unspecified atom stereocenters. The quantitative estimate of drug-likeness (QED) is 0.550. The summed E-state index contributed by atoms with van der Waals surface area (Å²) in [6.45, 7) is 0. The van der Waals surface area contributed by atoms with E-state index in [1.165, 1.54) is 9.77 Å². The molecule has 2 heterocycles. The van der Waals surface area contributed by atoms with Crippen molar-refractivity contribution in [3.8, 4) is 0 Å². The normalized spacial score (nSPS) is 15.6. The first-order valence-corrected chi connectivity index (χ1v) is 5.63. The van der Waals surface area contributed by atoms with Crippen molar-refractivity contribution in [1.29, 1.82) is 0 Å². The zero-order valence-electron chi connectivity index (χ0n) is 4.53. The van der Waals surface area contributed by atoms with E-state index in [0.717, 1.165) is 0 Å². The topological polar surface area (TPSA) is 0 Å². The standard InChI is InChI=1S/C6H4S3/c1-3-7-5-2-4-8-9-6(1)5/h1-4H. The van der Waals surface area contributed by atoms with E-state index in [4.69, 9.17) is 0 Å². The van der Waals surface area contributed by atoms with Crippen molar-refractivity contribution in [3.05, 3.63) is 21.7 Å². The van der Waals surface area contributed by atoms with E-state index in [1.54, 1.807) is 22.1 Å². The molecule has 0 saturated carbocycles. The fourth-order valence-corrected chi connectivity index (χ4v) is 3.66. The summed E-state index contributed by atoms with van der Waals surface area (Å²) in [4.78, 5) is 2.81. The largest absolute Gasteiger partial charge is 0.143 e. The average Bonchev–Trinajstić information content (AvgIpc) is 2.33. The SMILES string of the molecule is C1=Cc2sccc2SS1. The van der Waals surface area contributed by atoms with Crippen molar-refractivity contribution in [2.24, 2.45) is 0 Å². The first kappa shape index (κ1) is 5.89. The lowest BCUT2D eigenvalue weighted by Gasteiger charge is -1.99. The monoisotopic (exact) mass is 172 g/mol. The van der Waals surface area contributed by atoms with Gasteiger partial charge in [-0.3, -0.25) is 0 Å². The number of fused-ring (bicyclic) bond motifs is 1. The highest BCUT2D eigenvalue weighted by Gasteiger charge is 2.04. The van der Waals surface area contributed by atoms with Crippen LogP contribution in [0.15, 0.2) is 21.7 Å². The van der Waals surface area contributed by atoms with Gasteiger partial charge in [0.15, 0.2) is 0 Å². The maximum atomic E-state index is 2.17. The van der Waals surface area contributed by atoms with Crippen LogP contribution in [-0.4, -0.2) is 0 Å². The Kier molecular flexibility index (Phi) is 1.57. The summed E-state index contributed by atoms with van der Waals surface area (Å²) in [6.07, 6.45) is 2.17. The van der Waals surface area contributed by atoms with E-state index >= 15 is 0 Å². The lowest BCUT2D eigenvalue weighted by Crippen LogP contribution is -1.67. The van der Waals surface area contributed by atoms with Crippen LogP contribution in [0.25, 0.3) is 6.08 Å². The molecule has 0 fully saturated rings. The Labute approximate surface area is 65.8 Å².